The average Bonchev–Trinajstić information content (AvgIpc) is 3.13. The summed E-state index contributed by atoms with van der Waals surface area (Å²) in [5.74, 6) is -1.53. The molecule has 0 unspecified atom stereocenters. The van der Waals surface area contributed by atoms with Crippen LogP contribution in [0.5, 0.6) is 0 Å². The number of fused-ring (bicyclic) bond motifs is 1. The van der Waals surface area contributed by atoms with Crippen molar-refractivity contribution in [3.8, 4) is 0 Å². The van der Waals surface area contributed by atoms with Crippen LogP contribution in [-0.4, -0.2) is 36.5 Å². The summed E-state index contributed by atoms with van der Waals surface area (Å²) in [6, 6.07) is 3.61. The Bertz CT molecular complexity index is 1040. The van der Waals surface area contributed by atoms with E-state index in [2.05, 4.69) is 42.2 Å². The van der Waals surface area contributed by atoms with Crippen molar-refractivity contribution in [3.63, 3.8) is 0 Å². The van der Waals surface area contributed by atoms with Crippen molar-refractivity contribution in [3.05, 3.63) is 49.2 Å². The molecule has 3 rings (SSSR count). The number of aromatic nitrogens is 1. The Balaban J connectivity index is 2.20. The number of aromatic amines is 1. The number of rotatable bonds is 4. The molecular weight excluding hydrogens is 496 g/mol. The van der Waals surface area contributed by atoms with Crippen LogP contribution < -0.4 is 5.32 Å². The molecule has 9 heteroatoms. The van der Waals surface area contributed by atoms with Gasteiger partial charge >= 0.3 is 11.9 Å². The topological polar surface area (TPSA) is 97.5 Å². The molecule has 0 bridgehead atoms. The molecule has 0 aliphatic carbocycles. The van der Waals surface area contributed by atoms with E-state index < -0.39 is 11.9 Å². The van der Waals surface area contributed by atoms with Crippen LogP contribution in [-0.2, 0) is 14.3 Å². The van der Waals surface area contributed by atoms with Crippen LogP contribution in [0.4, 0.5) is 5.69 Å². The van der Waals surface area contributed by atoms with E-state index in [9.17, 15) is 14.4 Å². The molecule has 2 N–H and O–H groups in total. The van der Waals surface area contributed by atoms with Crippen LogP contribution in [0.3, 0.4) is 0 Å². The normalized spacial score (nSPS) is 14.0. The fourth-order valence-electron chi connectivity index (χ4n) is 3.00. The highest BCUT2D eigenvalue weighted by Crippen LogP contribution is 2.40. The molecule has 0 saturated carbocycles. The highest BCUT2D eigenvalue weighted by atomic mass is 79.9. The summed E-state index contributed by atoms with van der Waals surface area (Å²) in [5.41, 5.74) is 2.64. The lowest BCUT2D eigenvalue weighted by Crippen LogP contribution is -2.08. The monoisotopic (exact) mass is 510 g/mol. The van der Waals surface area contributed by atoms with Crippen molar-refractivity contribution in [1.82, 2.24) is 4.98 Å². The number of carbonyl (C=O) groups is 3. The van der Waals surface area contributed by atoms with E-state index in [-0.39, 0.29) is 23.8 Å². The fourth-order valence-corrected chi connectivity index (χ4v) is 4.33. The van der Waals surface area contributed by atoms with Crippen molar-refractivity contribution >= 4 is 67.0 Å². The third kappa shape index (κ3) is 3.51. The van der Waals surface area contributed by atoms with Crippen molar-refractivity contribution in [2.24, 2.45) is 0 Å². The van der Waals surface area contributed by atoms with Crippen LogP contribution in [0.25, 0.3) is 11.6 Å². The smallest absolute Gasteiger partial charge is 0.355 e. The molecule has 0 atom stereocenters. The van der Waals surface area contributed by atoms with Crippen LogP contribution in [0.15, 0.2) is 21.1 Å². The van der Waals surface area contributed by atoms with E-state index in [0.29, 0.717) is 28.1 Å². The van der Waals surface area contributed by atoms with Crippen LogP contribution >= 0.6 is 31.9 Å². The van der Waals surface area contributed by atoms with Gasteiger partial charge in [0.25, 0.3) is 5.91 Å². The summed E-state index contributed by atoms with van der Waals surface area (Å²) < 4.78 is 11.4. The lowest BCUT2D eigenvalue weighted by molar-refractivity contribution is -0.110. The number of halogens is 2. The molecule has 1 aliphatic rings. The molecule has 0 radical (unpaired) electrons. The highest BCUT2D eigenvalue weighted by molar-refractivity contribution is 9.11. The summed E-state index contributed by atoms with van der Waals surface area (Å²) in [6.07, 6.45) is 1.53. The van der Waals surface area contributed by atoms with E-state index >= 15 is 0 Å². The maximum atomic E-state index is 12.5. The number of anilines is 1. The molecule has 146 valence electrons. The molecule has 7 nitrogen and oxygen atoms in total. The number of amides is 1. The lowest BCUT2D eigenvalue weighted by Gasteiger charge is -2.03. The molecule has 1 aromatic carbocycles. The predicted molar refractivity (Wildman–Crippen MR) is 111 cm³/mol. The largest absolute Gasteiger partial charge is 0.465 e. The van der Waals surface area contributed by atoms with Crippen molar-refractivity contribution in [2.75, 3.05) is 19.0 Å². The van der Waals surface area contributed by atoms with Gasteiger partial charge in [-0.2, -0.15) is 0 Å². The third-order valence-electron chi connectivity index (χ3n) is 4.27. The molecule has 1 aliphatic heterocycles. The van der Waals surface area contributed by atoms with Gasteiger partial charge in [0.15, 0.2) is 0 Å². The molecular formula is C19H16Br2N2O5. The lowest BCUT2D eigenvalue weighted by atomic mass is 10.0. The van der Waals surface area contributed by atoms with Gasteiger partial charge in [-0.3, -0.25) is 4.79 Å². The van der Waals surface area contributed by atoms with Gasteiger partial charge in [0, 0.05) is 14.5 Å². The zero-order valence-corrected chi connectivity index (χ0v) is 18.4. The summed E-state index contributed by atoms with van der Waals surface area (Å²) in [5, 5.41) is 2.79. The zero-order chi connectivity index (χ0) is 20.6. The minimum atomic E-state index is -0.620. The number of nitrogens with one attached hydrogen (secondary N) is 2. The number of methoxy groups -OCH3 is 1. The molecule has 1 aromatic heterocycles. The van der Waals surface area contributed by atoms with Gasteiger partial charge in [0.05, 0.1) is 36.2 Å². The summed E-state index contributed by atoms with van der Waals surface area (Å²) >= 11 is 6.83. The second kappa shape index (κ2) is 7.92. The Morgan fingerprint density at radius 3 is 2.57 bits per heavy atom. The number of esters is 2. The van der Waals surface area contributed by atoms with Gasteiger partial charge < -0.3 is 19.8 Å². The van der Waals surface area contributed by atoms with E-state index in [0.717, 1.165) is 8.95 Å². The maximum absolute atomic E-state index is 12.5. The molecule has 0 saturated heterocycles. The van der Waals surface area contributed by atoms with E-state index in [4.69, 9.17) is 9.47 Å². The Morgan fingerprint density at radius 1 is 1.21 bits per heavy atom. The van der Waals surface area contributed by atoms with Crippen LogP contribution in [0, 0.1) is 6.92 Å². The van der Waals surface area contributed by atoms with Crippen molar-refractivity contribution < 1.29 is 23.9 Å². The van der Waals surface area contributed by atoms with Gasteiger partial charge in [-0.25, -0.2) is 9.59 Å². The number of carbonyl (C=O) groups excluding carboxylic acids is 3. The Labute approximate surface area is 177 Å². The molecule has 2 aromatic rings. The van der Waals surface area contributed by atoms with Crippen molar-refractivity contribution in [2.45, 2.75) is 13.8 Å². The fraction of sp³-hybridized carbons (Fsp3) is 0.211. The predicted octanol–water partition coefficient (Wildman–Crippen LogP) is 4.30. The number of H-pyrrole nitrogens is 1. The summed E-state index contributed by atoms with van der Waals surface area (Å²) in [4.78, 5) is 40.0. The van der Waals surface area contributed by atoms with Gasteiger partial charge in [0.2, 0.25) is 0 Å². The molecule has 0 fully saturated rings. The Morgan fingerprint density at radius 2 is 1.93 bits per heavy atom. The van der Waals surface area contributed by atoms with Gasteiger partial charge in [-0.1, -0.05) is 15.9 Å². The van der Waals surface area contributed by atoms with E-state index in [1.54, 1.807) is 19.9 Å². The number of benzene rings is 1. The van der Waals surface area contributed by atoms with Gasteiger partial charge in [-0.15, -0.1) is 0 Å². The minimum absolute atomic E-state index is 0.142. The summed E-state index contributed by atoms with van der Waals surface area (Å²) in [6.45, 7) is 3.50. The van der Waals surface area contributed by atoms with Crippen LogP contribution in [0.2, 0.25) is 0 Å². The Kier molecular flexibility index (Phi) is 5.76. The maximum Gasteiger partial charge on any atom is 0.355 e. The average molecular weight is 512 g/mol. The van der Waals surface area contributed by atoms with Gasteiger partial charge in [-0.05, 0) is 53.5 Å². The van der Waals surface area contributed by atoms with Crippen LogP contribution in [0.1, 0.15) is 44.6 Å². The number of hydrogen-bond acceptors (Lipinski definition) is 5. The molecule has 2 heterocycles. The van der Waals surface area contributed by atoms with E-state index in [1.807, 2.05) is 6.07 Å². The standard InChI is InChI=1S/C19H16Br2N2O5/c1-4-28-19(26)15-8(2)14(18(25)27-3)13(22-15)7-11-10-5-9(20)6-12(21)16(10)23-17(11)24/h5-7,22H,4H2,1-3H3,(H,23,24). The van der Waals surface area contributed by atoms with E-state index in [1.165, 1.54) is 13.2 Å². The SMILES string of the molecule is CCOC(=O)c1[nH]c(C=C2C(=O)Nc3c(Br)cc(Br)cc32)c(C(=O)OC)c1C. The zero-order valence-electron chi connectivity index (χ0n) is 15.2. The second-order valence-corrected chi connectivity index (χ2v) is 7.72. The summed E-state index contributed by atoms with van der Waals surface area (Å²) in [7, 11) is 1.25. The van der Waals surface area contributed by atoms with Gasteiger partial charge in [0.1, 0.15) is 5.69 Å². The quantitative estimate of drug-likeness (QED) is 0.471. The molecule has 0 spiro atoms. The number of ether oxygens (including phenoxy) is 2. The third-order valence-corrected chi connectivity index (χ3v) is 5.35. The number of hydrogen-bond donors (Lipinski definition) is 2. The first-order valence-electron chi connectivity index (χ1n) is 8.28. The van der Waals surface area contributed by atoms with Crippen molar-refractivity contribution in [1.29, 1.82) is 0 Å². The second-order valence-electron chi connectivity index (χ2n) is 5.95. The first-order chi connectivity index (χ1) is 13.3. The minimum Gasteiger partial charge on any atom is -0.465 e. The molecule has 1 amide bonds. The first kappa shape index (κ1) is 20.3. The molecule has 28 heavy (non-hydrogen) atoms. The first-order valence-corrected chi connectivity index (χ1v) is 9.87. The Hall–Kier alpha value is -2.39. The highest BCUT2D eigenvalue weighted by Gasteiger charge is 2.29.